The third kappa shape index (κ3) is 2.01. The van der Waals surface area contributed by atoms with E-state index in [1.54, 1.807) is 0 Å². The lowest BCUT2D eigenvalue weighted by Gasteiger charge is -2.13. The first-order valence-electron chi connectivity index (χ1n) is 7.12. The lowest BCUT2D eigenvalue weighted by molar-refractivity contribution is 0.624. The first kappa shape index (κ1) is 12.9. The number of hydrogen-bond donors (Lipinski definition) is 0. The Morgan fingerprint density at radius 1 is 0.950 bits per heavy atom. The fourth-order valence-corrected chi connectivity index (χ4v) is 2.66. The van der Waals surface area contributed by atoms with Crippen LogP contribution in [0.15, 0.2) is 42.5 Å². The van der Waals surface area contributed by atoms with Gasteiger partial charge in [0.25, 0.3) is 0 Å². The summed E-state index contributed by atoms with van der Waals surface area (Å²) in [4.78, 5) is 4.87. The van der Waals surface area contributed by atoms with Crippen molar-refractivity contribution in [2.45, 2.75) is 33.7 Å². The van der Waals surface area contributed by atoms with Gasteiger partial charge in [0.15, 0.2) is 0 Å². The van der Waals surface area contributed by atoms with Gasteiger partial charge < -0.3 is 4.57 Å². The lowest BCUT2D eigenvalue weighted by atomic mass is 10.1. The third-order valence-corrected chi connectivity index (χ3v) is 3.85. The van der Waals surface area contributed by atoms with Gasteiger partial charge in [-0.2, -0.15) is 0 Å². The molecular formula is C18H20N2. The maximum atomic E-state index is 4.87. The Labute approximate surface area is 120 Å². The van der Waals surface area contributed by atoms with Crippen LogP contribution in [0.3, 0.4) is 0 Å². The molecule has 0 spiro atoms. The standard InChI is InChI=1S/C18H20N2/c1-12(2)20-17-11-14(4)13(3)10-16(17)19-18(20)15-8-6-5-7-9-15/h5-12H,1-4H3. The Hall–Kier alpha value is -2.09. The fourth-order valence-electron chi connectivity index (χ4n) is 2.66. The first-order valence-corrected chi connectivity index (χ1v) is 7.12. The Morgan fingerprint density at radius 2 is 1.60 bits per heavy atom. The van der Waals surface area contributed by atoms with Crippen LogP contribution in [0.1, 0.15) is 31.0 Å². The maximum Gasteiger partial charge on any atom is 0.141 e. The molecule has 0 radical (unpaired) electrons. The van der Waals surface area contributed by atoms with Gasteiger partial charge in [-0.15, -0.1) is 0 Å². The minimum absolute atomic E-state index is 0.386. The molecule has 0 aliphatic heterocycles. The third-order valence-electron chi connectivity index (χ3n) is 3.85. The van der Waals surface area contributed by atoms with Gasteiger partial charge in [0.05, 0.1) is 11.0 Å². The summed E-state index contributed by atoms with van der Waals surface area (Å²) >= 11 is 0. The Morgan fingerprint density at radius 3 is 2.25 bits per heavy atom. The number of nitrogens with zero attached hydrogens (tertiary/aromatic N) is 2. The van der Waals surface area contributed by atoms with E-state index >= 15 is 0 Å². The topological polar surface area (TPSA) is 17.8 Å². The van der Waals surface area contributed by atoms with Gasteiger partial charge in [-0.3, -0.25) is 0 Å². The van der Waals surface area contributed by atoms with Crippen molar-refractivity contribution >= 4 is 11.0 Å². The van der Waals surface area contributed by atoms with Crippen molar-refractivity contribution in [3.63, 3.8) is 0 Å². The molecule has 0 amide bonds. The average Bonchev–Trinajstić information content (AvgIpc) is 2.79. The van der Waals surface area contributed by atoms with E-state index in [9.17, 15) is 0 Å². The number of hydrogen-bond acceptors (Lipinski definition) is 1. The molecule has 0 saturated carbocycles. The van der Waals surface area contributed by atoms with Crippen LogP contribution in [0.5, 0.6) is 0 Å². The lowest BCUT2D eigenvalue weighted by Crippen LogP contribution is -2.03. The zero-order valence-electron chi connectivity index (χ0n) is 12.5. The summed E-state index contributed by atoms with van der Waals surface area (Å²) < 4.78 is 2.33. The predicted molar refractivity (Wildman–Crippen MR) is 85.0 cm³/mol. The molecule has 0 saturated heterocycles. The molecule has 0 N–H and O–H groups in total. The Kier molecular flexibility index (Phi) is 3.09. The van der Waals surface area contributed by atoms with Crippen molar-refractivity contribution in [1.29, 1.82) is 0 Å². The van der Waals surface area contributed by atoms with E-state index in [0.29, 0.717) is 6.04 Å². The molecule has 20 heavy (non-hydrogen) atoms. The molecule has 1 aromatic heterocycles. The van der Waals surface area contributed by atoms with E-state index in [1.165, 1.54) is 22.2 Å². The highest BCUT2D eigenvalue weighted by molar-refractivity contribution is 5.82. The second-order valence-corrected chi connectivity index (χ2v) is 5.69. The number of benzene rings is 2. The quantitative estimate of drug-likeness (QED) is 0.643. The molecule has 1 heterocycles. The first-order chi connectivity index (χ1) is 9.58. The van der Waals surface area contributed by atoms with E-state index < -0.39 is 0 Å². The van der Waals surface area contributed by atoms with Crippen LogP contribution >= 0.6 is 0 Å². The monoisotopic (exact) mass is 264 g/mol. The zero-order valence-corrected chi connectivity index (χ0v) is 12.5. The van der Waals surface area contributed by atoms with Gasteiger partial charge in [-0.25, -0.2) is 4.98 Å². The summed E-state index contributed by atoms with van der Waals surface area (Å²) in [5.74, 6) is 1.06. The molecule has 3 aromatic rings. The smallest absolute Gasteiger partial charge is 0.141 e. The van der Waals surface area contributed by atoms with Crippen LogP contribution in [0.25, 0.3) is 22.4 Å². The molecule has 2 nitrogen and oxygen atoms in total. The molecule has 0 bridgehead atoms. The SMILES string of the molecule is Cc1cc2nc(-c3ccccc3)n(C(C)C)c2cc1C. The van der Waals surface area contributed by atoms with Crippen LogP contribution in [-0.4, -0.2) is 9.55 Å². The van der Waals surface area contributed by atoms with E-state index in [-0.39, 0.29) is 0 Å². The molecule has 2 aromatic carbocycles. The molecular weight excluding hydrogens is 244 g/mol. The van der Waals surface area contributed by atoms with Crippen LogP contribution in [0.4, 0.5) is 0 Å². The van der Waals surface area contributed by atoms with Crippen LogP contribution in [-0.2, 0) is 0 Å². The van der Waals surface area contributed by atoms with E-state index in [0.717, 1.165) is 11.3 Å². The van der Waals surface area contributed by atoms with Crippen molar-refractivity contribution < 1.29 is 0 Å². The number of fused-ring (bicyclic) bond motifs is 1. The van der Waals surface area contributed by atoms with Crippen molar-refractivity contribution in [2.24, 2.45) is 0 Å². The van der Waals surface area contributed by atoms with Crippen molar-refractivity contribution in [3.8, 4) is 11.4 Å². The number of rotatable bonds is 2. The number of imidazole rings is 1. The summed E-state index contributed by atoms with van der Waals surface area (Å²) in [6.45, 7) is 8.73. The van der Waals surface area contributed by atoms with Crippen LogP contribution < -0.4 is 0 Å². The van der Waals surface area contributed by atoms with E-state index in [2.05, 4.69) is 68.7 Å². The van der Waals surface area contributed by atoms with Gasteiger partial charge in [0.1, 0.15) is 5.82 Å². The van der Waals surface area contributed by atoms with Crippen molar-refractivity contribution in [2.75, 3.05) is 0 Å². The Balaban J connectivity index is 2.35. The predicted octanol–water partition coefficient (Wildman–Crippen LogP) is 4.90. The van der Waals surface area contributed by atoms with Gasteiger partial charge >= 0.3 is 0 Å². The van der Waals surface area contributed by atoms with Crippen molar-refractivity contribution in [1.82, 2.24) is 9.55 Å². The molecule has 0 fully saturated rings. The molecule has 102 valence electrons. The minimum Gasteiger partial charge on any atom is -0.321 e. The molecule has 2 heteroatoms. The van der Waals surface area contributed by atoms with E-state index in [4.69, 9.17) is 4.98 Å². The zero-order chi connectivity index (χ0) is 14.3. The second-order valence-electron chi connectivity index (χ2n) is 5.69. The molecule has 0 aliphatic rings. The Bertz CT molecular complexity index is 752. The van der Waals surface area contributed by atoms with Crippen LogP contribution in [0, 0.1) is 13.8 Å². The highest BCUT2D eigenvalue weighted by Crippen LogP contribution is 2.29. The summed E-state index contributed by atoms with van der Waals surface area (Å²) in [5.41, 5.74) is 6.10. The van der Waals surface area contributed by atoms with Gasteiger partial charge in [0.2, 0.25) is 0 Å². The highest BCUT2D eigenvalue weighted by atomic mass is 15.1. The summed E-state index contributed by atoms with van der Waals surface area (Å²) in [6.07, 6.45) is 0. The van der Waals surface area contributed by atoms with Gasteiger partial charge in [-0.1, -0.05) is 30.3 Å². The molecule has 3 rings (SSSR count). The second kappa shape index (κ2) is 4.78. The van der Waals surface area contributed by atoms with Gasteiger partial charge in [-0.05, 0) is 51.0 Å². The molecule has 0 unspecified atom stereocenters. The largest absolute Gasteiger partial charge is 0.321 e. The molecule has 0 aliphatic carbocycles. The number of aromatic nitrogens is 2. The fraction of sp³-hybridized carbons (Fsp3) is 0.278. The van der Waals surface area contributed by atoms with Crippen molar-refractivity contribution in [3.05, 3.63) is 53.6 Å². The summed E-state index contributed by atoms with van der Waals surface area (Å²) in [5, 5.41) is 0. The average molecular weight is 264 g/mol. The van der Waals surface area contributed by atoms with E-state index in [1.807, 2.05) is 6.07 Å². The molecule has 0 atom stereocenters. The number of aryl methyl sites for hydroxylation is 2. The normalized spacial score (nSPS) is 11.4. The van der Waals surface area contributed by atoms with Crippen LogP contribution in [0.2, 0.25) is 0 Å². The summed E-state index contributed by atoms with van der Waals surface area (Å²) in [7, 11) is 0. The summed E-state index contributed by atoms with van der Waals surface area (Å²) in [6, 6.07) is 15.3. The maximum absolute atomic E-state index is 4.87. The minimum atomic E-state index is 0.386. The van der Waals surface area contributed by atoms with Gasteiger partial charge in [0, 0.05) is 11.6 Å². The highest BCUT2D eigenvalue weighted by Gasteiger charge is 2.15.